The summed E-state index contributed by atoms with van der Waals surface area (Å²) in [5.41, 5.74) is 0.633. The number of Topliss-reactive ketones (excluding diaryl/α,β-unsaturated/α-hetero) is 1. The Balaban J connectivity index is 1.72. The van der Waals surface area contributed by atoms with Crippen molar-refractivity contribution in [2.45, 2.75) is 57.9 Å². The van der Waals surface area contributed by atoms with E-state index in [2.05, 4.69) is 5.32 Å². The number of hydrogen-bond acceptors (Lipinski definition) is 4. The topological polar surface area (TPSA) is 92.7 Å². The SMILES string of the molecule is CC(=O)c1ccc(OCCCC(=O)N[C@H]2CCCCC[C@H]2C(=O)O)cc1. The Bertz CT molecular complexity index is 626. The molecule has 1 aromatic carbocycles. The van der Waals surface area contributed by atoms with Gasteiger partial charge in [0.15, 0.2) is 5.78 Å². The first-order chi connectivity index (χ1) is 12.5. The van der Waals surface area contributed by atoms with Crippen LogP contribution in [0.15, 0.2) is 24.3 Å². The quantitative estimate of drug-likeness (QED) is 0.421. The molecule has 1 amide bonds. The minimum Gasteiger partial charge on any atom is -0.494 e. The Hall–Kier alpha value is -2.37. The van der Waals surface area contributed by atoms with Crippen molar-refractivity contribution in [3.05, 3.63) is 29.8 Å². The van der Waals surface area contributed by atoms with Crippen molar-refractivity contribution in [1.82, 2.24) is 5.32 Å². The maximum absolute atomic E-state index is 12.1. The largest absolute Gasteiger partial charge is 0.494 e. The van der Waals surface area contributed by atoms with Crippen LogP contribution in [0, 0.1) is 5.92 Å². The molecule has 0 bridgehead atoms. The van der Waals surface area contributed by atoms with E-state index in [1.165, 1.54) is 6.92 Å². The minimum atomic E-state index is -0.824. The fourth-order valence-electron chi connectivity index (χ4n) is 3.26. The molecule has 2 N–H and O–H groups in total. The summed E-state index contributed by atoms with van der Waals surface area (Å²) in [4.78, 5) is 34.7. The number of carbonyl (C=O) groups is 3. The van der Waals surface area contributed by atoms with Gasteiger partial charge in [0.05, 0.1) is 12.5 Å². The first-order valence-electron chi connectivity index (χ1n) is 9.23. The summed E-state index contributed by atoms with van der Waals surface area (Å²) >= 11 is 0. The van der Waals surface area contributed by atoms with Gasteiger partial charge in [-0.15, -0.1) is 0 Å². The smallest absolute Gasteiger partial charge is 0.308 e. The van der Waals surface area contributed by atoms with Crippen LogP contribution < -0.4 is 10.1 Å². The van der Waals surface area contributed by atoms with Gasteiger partial charge in [-0.2, -0.15) is 0 Å². The third-order valence-corrected chi connectivity index (χ3v) is 4.76. The van der Waals surface area contributed by atoms with Crippen LogP contribution in [0.5, 0.6) is 5.75 Å². The predicted octanol–water partition coefficient (Wildman–Crippen LogP) is 3.20. The average molecular weight is 361 g/mol. The summed E-state index contributed by atoms with van der Waals surface area (Å²) in [5.74, 6) is -0.776. The van der Waals surface area contributed by atoms with Gasteiger partial charge >= 0.3 is 5.97 Å². The van der Waals surface area contributed by atoms with E-state index in [4.69, 9.17) is 4.74 Å². The van der Waals surface area contributed by atoms with E-state index in [1.807, 2.05) is 0 Å². The van der Waals surface area contributed by atoms with Gasteiger partial charge in [0.25, 0.3) is 0 Å². The van der Waals surface area contributed by atoms with Crippen molar-refractivity contribution in [1.29, 1.82) is 0 Å². The second kappa shape index (κ2) is 9.94. The van der Waals surface area contributed by atoms with Gasteiger partial charge in [0.2, 0.25) is 5.91 Å². The molecule has 1 aromatic rings. The van der Waals surface area contributed by atoms with Crippen LogP contribution in [0.25, 0.3) is 0 Å². The van der Waals surface area contributed by atoms with Crippen LogP contribution in [0.3, 0.4) is 0 Å². The summed E-state index contributed by atoms with van der Waals surface area (Å²) in [5, 5.41) is 12.2. The highest BCUT2D eigenvalue weighted by Crippen LogP contribution is 2.24. The maximum Gasteiger partial charge on any atom is 0.308 e. The molecule has 1 aliphatic rings. The molecule has 142 valence electrons. The monoisotopic (exact) mass is 361 g/mol. The molecule has 0 heterocycles. The molecular weight excluding hydrogens is 334 g/mol. The number of ketones is 1. The molecule has 0 radical (unpaired) electrons. The average Bonchev–Trinajstić information content (AvgIpc) is 2.84. The first-order valence-corrected chi connectivity index (χ1v) is 9.23. The number of aliphatic carboxylic acids is 1. The van der Waals surface area contributed by atoms with Crippen LogP contribution in [0.1, 0.15) is 62.2 Å². The van der Waals surface area contributed by atoms with Gasteiger partial charge in [-0.05, 0) is 50.5 Å². The van der Waals surface area contributed by atoms with E-state index in [0.717, 1.165) is 25.7 Å². The predicted molar refractivity (Wildman–Crippen MR) is 97.3 cm³/mol. The number of amides is 1. The molecule has 2 atom stereocenters. The number of hydrogen-bond donors (Lipinski definition) is 2. The standard InChI is InChI=1S/C20H27NO5/c1-14(22)15-9-11-16(12-10-15)26-13-5-8-19(23)21-18-7-4-2-3-6-17(18)20(24)25/h9-12,17-18H,2-8,13H2,1H3,(H,21,23)(H,24,25)/t17-,18+/m1/s1. The Morgan fingerprint density at radius 3 is 2.46 bits per heavy atom. The molecule has 0 saturated heterocycles. The van der Waals surface area contributed by atoms with Crippen molar-refractivity contribution in [2.75, 3.05) is 6.61 Å². The minimum absolute atomic E-state index is 0.00592. The van der Waals surface area contributed by atoms with Gasteiger partial charge in [0.1, 0.15) is 5.75 Å². The van der Waals surface area contributed by atoms with Crippen LogP contribution in [-0.2, 0) is 9.59 Å². The lowest BCUT2D eigenvalue weighted by atomic mass is 9.94. The summed E-state index contributed by atoms with van der Waals surface area (Å²) in [6.45, 7) is 1.90. The van der Waals surface area contributed by atoms with Crippen molar-refractivity contribution in [2.24, 2.45) is 5.92 Å². The zero-order chi connectivity index (χ0) is 18.9. The van der Waals surface area contributed by atoms with Crippen molar-refractivity contribution < 1.29 is 24.2 Å². The molecule has 1 fully saturated rings. The molecule has 1 saturated carbocycles. The van der Waals surface area contributed by atoms with Gasteiger partial charge in [-0.25, -0.2) is 0 Å². The lowest BCUT2D eigenvalue weighted by Crippen LogP contribution is -2.42. The highest BCUT2D eigenvalue weighted by Gasteiger charge is 2.30. The highest BCUT2D eigenvalue weighted by atomic mass is 16.5. The molecular formula is C20H27NO5. The first kappa shape index (κ1) is 19.9. The van der Waals surface area contributed by atoms with Crippen molar-refractivity contribution >= 4 is 17.7 Å². The number of carbonyl (C=O) groups excluding carboxylic acids is 2. The second-order valence-electron chi connectivity index (χ2n) is 6.79. The third kappa shape index (κ3) is 6.17. The molecule has 0 unspecified atom stereocenters. The number of carboxylic acids is 1. The number of rotatable bonds is 8. The summed E-state index contributed by atoms with van der Waals surface area (Å²) in [6, 6.07) is 6.62. The molecule has 0 aromatic heterocycles. The molecule has 6 nitrogen and oxygen atoms in total. The summed E-state index contributed by atoms with van der Waals surface area (Å²) in [7, 11) is 0. The van der Waals surface area contributed by atoms with E-state index < -0.39 is 11.9 Å². The van der Waals surface area contributed by atoms with E-state index in [0.29, 0.717) is 37.2 Å². The van der Waals surface area contributed by atoms with Gasteiger partial charge in [0, 0.05) is 18.0 Å². The van der Waals surface area contributed by atoms with E-state index >= 15 is 0 Å². The lowest BCUT2D eigenvalue weighted by Gasteiger charge is -2.22. The number of ether oxygens (including phenoxy) is 1. The highest BCUT2D eigenvalue weighted by molar-refractivity contribution is 5.94. The Labute approximate surface area is 153 Å². The number of nitrogens with one attached hydrogen (secondary N) is 1. The Kier molecular flexibility index (Phi) is 7.63. The molecule has 26 heavy (non-hydrogen) atoms. The van der Waals surface area contributed by atoms with Gasteiger partial charge in [-0.1, -0.05) is 19.3 Å². The Morgan fingerprint density at radius 1 is 1.12 bits per heavy atom. The van der Waals surface area contributed by atoms with Crippen LogP contribution in [0.2, 0.25) is 0 Å². The summed E-state index contributed by atoms with van der Waals surface area (Å²) < 4.78 is 5.58. The van der Waals surface area contributed by atoms with E-state index in [9.17, 15) is 19.5 Å². The van der Waals surface area contributed by atoms with Crippen LogP contribution in [-0.4, -0.2) is 35.4 Å². The number of carboxylic acid groups (broad SMARTS) is 1. The summed E-state index contributed by atoms with van der Waals surface area (Å²) in [6.07, 6.45) is 5.07. The molecule has 0 spiro atoms. The van der Waals surface area contributed by atoms with Gasteiger partial charge < -0.3 is 15.2 Å². The second-order valence-corrected chi connectivity index (χ2v) is 6.79. The molecule has 6 heteroatoms. The Morgan fingerprint density at radius 2 is 1.81 bits per heavy atom. The molecule has 2 rings (SSSR count). The van der Waals surface area contributed by atoms with Crippen molar-refractivity contribution in [3.8, 4) is 5.75 Å². The zero-order valence-corrected chi connectivity index (χ0v) is 15.2. The van der Waals surface area contributed by atoms with Gasteiger partial charge in [-0.3, -0.25) is 14.4 Å². The fraction of sp³-hybridized carbons (Fsp3) is 0.550. The normalized spacial score (nSPS) is 20.0. The van der Waals surface area contributed by atoms with Crippen LogP contribution >= 0.6 is 0 Å². The molecule has 0 aliphatic heterocycles. The van der Waals surface area contributed by atoms with E-state index in [1.54, 1.807) is 24.3 Å². The van der Waals surface area contributed by atoms with Crippen LogP contribution in [0.4, 0.5) is 0 Å². The lowest BCUT2D eigenvalue weighted by molar-refractivity contribution is -0.143. The molecule has 1 aliphatic carbocycles. The maximum atomic E-state index is 12.1. The fourth-order valence-corrected chi connectivity index (χ4v) is 3.26. The van der Waals surface area contributed by atoms with E-state index in [-0.39, 0.29) is 17.7 Å². The zero-order valence-electron chi connectivity index (χ0n) is 15.2. The number of benzene rings is 1. The van der Waals surface area contributed by atoms with Crippen molar-refractivity contribution in [3.63, 3.8) is 0 Å². The third-order valence-electron chi connectivity index (χ3n) is 4.76.